The minimum absolute atomic E-state index is 0.457. The Bertz CT molecular complexity index is 722. The lowest BCUT2D eigenvalue weighted by Gasteiger charge is -2.41. The molecule has 1 aliphatic heterocycles. The largest absolute Gasteiger partial charge is 0.481 e. The van der Waals surface area contributed by atoms with Crippen LogP contribution in [0, 0.1) is 0 Å². The summed E-state index contributed by atoms with van der Waals surface area (Å²) in [6, 6.07) is 8.25. The molecule has 5 atom stereocenters. The SMILES string of the molecule is O=C(O)CC1OC(CO)C(O)C(n2cc(-c3ccccc3)nn2)C1O. The van der Waals surface area contributed by atoms with Crippen molar-refractivity contribution in [1.82, 2.24) is 15.0 Å². The maximum Gasteiger partial charge on any atom is 0.306 e. The molecule has 1 saturated heterocycles. The van der Waals surface area contributed by atoms with E-state index in [1.165, 1.54) is 4.68 Å². The van der Waals surface area contributed by atoms with E-state index in [1.54, 1.807) is 6.20 Å². The number of aliphatic hydroxyl groups excluding tert-OH is 3. The van der Waals surface area contributed by atoms with Crippen LogP contribution in [0.15, 0.2) is 36.5 Å². The van der Waals surface area contributed by atoms with E-state index in [4.69, 9.17) is 9.84 Å². The van der Waals surface area contributed by atoms with E-state index in [0.29, 0.717) is 5.69 Å². The Hall–Kier alpha value is -2.33. The second-order valence-electron chi connectivity index (χ2n) is 5.92. The zero-order valence-corrected chi connectivity index (χ0v) is 13.2. The third-order valence-corrected chi connectivity index (χ3v) is 4.25. The molecule has 1 fully saturated rings. The van der Waals surface area contributed by atoms with E-state index in [0.717, 1.165) is 5.56 Å². The van der Waals surface area contributed by atoms with E-state index >= 15 is 0 Å². The number of hydrogen-bond acceptors (Lipinski definition) is 7. The molecule has 0 radical (unpaired) electrons. The maximum atomic E-state index is 11.0. The average molecular weight is 349 g/mol. The van der Waals surface area contributed by atoms with Gasteiger partial charge in [0.05, 0.1) is 25.3 Å². The van der Waals surface area contributed by atoms with Crippen LogP contribution in [0.5, 0.6) is 0 Å². The molecule has 3 rings (SSSR count). The molecule has 2 heterocycles. The number of rotatable bonds is 5. The molecule has 0 saturated carbocycles. The topological polar surface area (TPSA) is 138 Å². The van der Waals surface area contributed by atoms with E-state index in [-0.39, 0.29) is 0 Å². The highest BCUT2D eigenvalue weighted by Crippen LogP contribution is 2.32. The Morgan fingerprint density at radius 2 is 1.84 bits per heavy atom. The molecule has 0 spiro atoms. The first kappa shape index (κ1) is 17.5. The van der Waals surface area contributed by atoms with Crippen LogP contribution in [0.1, 0.15) is 12.5 Å². The van der Waals surface area contributed by atoms with Crippen molar-refractivity contribution in [3.8, 4) is 11.3 Å². The molecule has 1 aromatic carbocycles. The molecule has 5 unspecified atom stereocenters. The van der Waals surface area contributed by atoms with Gasteiger partial charge in [0.2, 0.25) is 0 Å². The summed E-state index contributed by atoms with van der Waals surface area (Å²) in [6.45, 7) is -0.513. The molecule has 1 aromatic heterocycles. The fraction of sp³-hybridized carbons (Fsp3) is 0.438. The Morgan fingerprint density at radius 3 is 2.48 bits per heavy atom. The monoisotopic (exact) mass is 349 g/mol. The number of carboxylic acid groups (broad SMARTS) is 1. The Morgan fingerprint density at radius 1 is 1.16 bits per heavy atom. The first-order valence-electron chi connectivity index (χ1n) is 7.82. The number of carbonyl (C=O) groups is 1. The molecule has 134 valence electrons. The van der Waals surface area contributed by atoms with Crippen LogP contribution in [-0.2, 0) is 9.53 Å². The lowest BCUT2D eigenvalue weighted by Crippen LogP contribution is -2.56. The fourth-order valence-electron chi connectivity index (χ4n) is 3.00. The van der Waals surface area contributed by atoms with Crippen LogP contribution < -0.4 is 0 Å². The van der Waals surface area contributed by atoms with Gasteiger partial charge in [-0.2, -0.15) is 0 Å². The predicted octanol–water partition coefficient (Wildman–Crippen LogP) is -0.558. The maximum absolute atomic E-state index is 11.0. The highest BCUT2D eigenvalue weighted by molar-refractivity contribution is 5.67. The summed E-state index contributed by atoms with van der Waals surface area (Å²) in [7, 11) is 0. The molecule has 4 N–H and O–H groups in total. The van der Waals surface area contributed by atoms with Crippen LogP contribution in [-0.4, -0.2) is 72.4 Å². The second-order valence-corrected chi connectivity index (χ2v) is 5.92. The van der Waals surface area contributed by atoms with Gasteiger partial charge < -0.3 is 25.2 Å². The van der Waals surface area contributed by atoms with Gasteiger partial charge in [0.25, 0.3) is 0 Å². The summed E-state index contributed by atoms with van der Waals surface area (Å²) < 4.78 is 6.61. The van der Waals surface area contributed by atoms with Gasteiger partial charge in [0.1, 0.15) is 30.0 Å². The second kappa shape index (κ2) is 7.28. The van der Waals surface area contributed by atoms with Gasteiger partial charge in [0.15, 0.2) is 0 Å². The normalized spacial score (nSPS) is 29.5. The van der Waals surface area contributed by atoms with Gasteiger partial charge >= 0.3 is 5.97 Å². The molecule has 25 heavy (non-hydrogen) atoms. The van der Waals surface area contributed by atoms with Gasteiger partial charge in [-0.1, -0.05) is 35.5 Å². The van der Waals surface area contributed by atoms with Crippen molar-refractivity contribution in [2.75, 3.05) is 6.61 Å². The highest BCUT2D eigenvalue weighted by Gasteiger charge is 2.46. The number of aliphatic carboxylic acids is 1. The molecule has 0 amide bonds. The number of nitrogens with zero attached hydrogens (tertiary/aromatic N) is 3. The van der Waals surface area contributed by atoms with E-state index < -0.39 is 49.5 Å². The van der Waals surface area contributed by atoms with E-state index in [2.05, 4.69) is 10.3 Å². The van der Waals surface area contributed by atoms with Crippen molar-refractivity contribution in [2.24, 2.45) is 0 Å². The zero-order valence-electron chi connectivity index (χ0n) is 13.2. The van der Waals surface area contributed by atoms with Crippen LogP contribution in [0.25, 0.3) is 11.3 Å². The number of benzene rings is 1. The van der Waals surface area contributed by atoms with Crippen molar-refractivity contribution in [2.45, 2.75) is 36.9 Å². The molecule has 0 aliphatic carbocycles. The van der Waals surface area contributed by atoms with Crippen molar-refractivity contribution < 1.29 is 30.0 Å². The standard InChI is InChI=1S/C16H19N3O6/c20-8-12-16(24)14(15(23)11(25-12)6-13(21)22)19-7-10(17-18-19)9-4-2-1-3-5-9/h1-5,7,11-12,14-16,20,23-24H,6,8H2,(H,21,22). The highest BCUT2D eigenvalue weighted by atomic mass is 16.5. The van der Waals surface area contributed by atoms with Crippen molar-refractivity contribution >= 4 is 5.97 Å². The molecular weight excluding hydrogens is 330 g/mol. The minimum atomic E-state index is -1.32. The lowest BCUT2D eigenvalue weighted by molar-refractivity contribution is -0.209. The summed E-state index contributed by atoms with van der Waals surface area (Å²) >= 11 is 0. The van der Waals surface area contributed by atoms with Crippen LogP contribution >= 0.6 is 0 Å². The van der Waals surface area contributed by atoms with Gasteiger partial charge in [-0.15, -0.1) is 5.10 Å². The van der Waals surface area contributed by atoms with Gasteiger partial charge in [-0.05, 0) is 0 Å². The first-order valence-corrected chi connectivity index (χ1v) is 7.82. The molecule has 2 aromatic rings. The van der Waals surface area contributed by atoms with Gasteiger partial charge in [0, 0.05) is 5.56 Å². The Labute approximate surface area is 143 Å². The van der Waals surface area contributed by atoms with Gasteiger partial charge in [-0.3, -0.25) is 4.79 Å². The van der Waals surface area contributed by atoms with E-state index in [1.807, 2.05) is 30.3 Å². The molecule has 1 aliphatic rings. The van der Waals surface area contributed by atoms with Crippen LogP contribution in [0.2, 0.25) is 0 Å². The summed E-state index contributed by atoms with van der Waals surface area (Å²) in [6.07, 6.45) is -3.59. The number of hydrogen-bond donors (Lipinski definition) is 4. The lowest BCUT2D eigenvalue weighted by atomic mass is 9.91. The number of aromatic nitrogens is 3. The summed E-state index contributed by atoms with van der Waals surface area (Å²) in [5, 5.41) is 47.2. The quantitative estimate of drug-likeness (QED) is 0.564. The smallest absolute Gasteiger partial charge is 0.306 e. The van der Waals surface area contributed by atoms with Crippen molar-refractivity contribution in [3.63, 3.8) is 0 Å². The predicted molar refractivity (Wildman–Crippen MR) is 84.5 cm³/mol. The average Bonchev–Trinajstić information content (AvgIpc) is 3.07. The molecule has 9 nitrogen and oxygen atoms in total. The summed E-state index contributed by atoms with van der Waals surface area (Å²) in [5.41, 5.74) is 1.35. The third-order valence-electron chi connectivity index (χ3n) is 4.25. The molecular formula is C16H19N3O6. The zero-order chi connectivity index (χ0) is 18.0. The number of carboxylic acids is 1. The Balaban J connectivity index is 1.90. The Kier molecular flexibility index (Phi) is 5.09. The molecule has 9 heteroatoms. The molecule has 0 bridgehead atoms. The van der Waals surface area contributed by atoms with Crippen LogP contribution in [0.4, 0.5) is 0 Å². The number of ether oxygens (including phenoxy) is 1. The summed E-state index contributed by atoms with van der Waals surface area (Å²) in [5.74, 6) is -1.15. The number of aliphatic hydroxyl groups is 3. The van der Waals surface area contributed by atoms with Crippen LogP contribution in [0.3, 0.4) is 0 Å². The first-order chi connectivity index (χ1) is 12.0. The minimum Gasteiger partial charge on any atom is -0.481 e. The van der Waals surface area contributed by atoms with Gasteiger partial charge in [-0.25, -0.2) is 4.68 Å². The fourth-order valence-corrected chi connectivity index (χ4v) is 3.00. The van der Waals surface area contributed by atoms with E-state index in [9.17, 15) is 20.1 Å². The van der Waals surface area contributed by atoms with Crippen molar-refractivity contribution in [1.29, 1.82) is 0 Å². The summed E-state index contributed by atoms with van der Waals surface area (Å²) in [4.78, 5) is 11.0. The third kappa shape index (κ3) is 3.54. The van der Waals surface area contributed by atoms with Crippen molar-refractivity contribution in [3.05, 3.63) is 36.5 Å².